The Balaban J connectivity index is 0.000000762. The van der Waals surface area contributed by atoms with E-state index in [9.17, 15) is 4.39 Å². The molecule has 1 aliphatic rings. The van der Waals surface area contributed by atoms with E-state index in [0.717, 1.165) is 49.9 Å². The Morgan fingerprint density at radius 1 is 1.00 bits per heavy atom. The number of hydrogen-bond donors (Lipinski definition) is 0. The van der Waals surface area contributed by atoms with Crippen molar-refractivity contribution in [3.8, 4) is 10.4 Å². The van der Waals surface area contributed by atoms with Crippen molar-refractivity contribution in [1.29, 1.82) is 0 Å². The molecule has 34 heavy (non-hydrogen) atoms. The second-order valence-electron chi connectivity index (χ2n) is 8.94. The first-order valence-electron chi connectivity index (χ1n) is 13.3. The number of benzene rings is 1. The van der Waals surface area contributed by atoms with Crippen LogP contribution in [0.2, 0.25) is 0 Å². The molecule has 0 unspecified atom stereocenters. The standard InChI is InChI=1S/C19H24FNS.C6H14.C3H8.C2H4O/c1-4-21-9-7-15(8-10-21)17-6-5-16(12-18(17)20)19-11-13(2)14(3)22-19;1-3-5-6-4-2;1-3-2;1-2-3/h5-6,11-12,15H,4,7-10H2,1-3H3;3-6H2,1-2H3;3H2,1-2H3;2H,1H3. The maximum Gasteiger partial charge on any atom is 0.127 e. The first-order valence-corrected chi connectivity index (χ1v) is 14.1. The smallest absolute Gasteiger partial charge is 0.127 e. The quantitative estimate of drug-likeness (QED) is 0.296. The zero-order valence-corrected chi connectivity index (χ0v) is 24.0. The van der Waals surface area contributed by atoms with Crippen molar-refractivity contribution in [2.24, 2.45) is 0 Å². The summed E-state index contributed by atoms with van der Waals surface area (Å²) in [5.41, 5.74) is 3.20. The Hall–Kier alpha value is -1.52. The van der Waals surface area contributed by atoms with Crippen molar-refractivity contribution in [3.05, 3.63) is 46.1 Å². The molecule has 3 rings (SSSR count). The molecule has 1 aromatic heterocycles. The number of thiophene rings is 1. The predicted octanol–water partition coefficient (Wildman–Crippen LogP) is 9.58. The molecule has 0 aliphatic carbocycles. The lowest BCUT2D eigenvalue weighted by Crippen LogP contribution is -2.32. The van der Waals surface area contributed by atoms with Crippen LogP contribution in [0.1, 0.15) is 108 Å². The number of carbonyl (C=O) groups excluding carboxylic acids is 1. The van der Waals surface area contributed by atoms with E-state index in [2.05, 4.69) is 65.5 Å². The van der Waals surface area contributed by atoms with Crippen LogP contribution in [-0.2, 0) is 4.79 Å². The van der Waals surface area contributed by atoms with Gasteiger partial charge in [0.1, 0.15) is 12.1 Å². The van der Waals surface area contributed by atoms with E-state index in [1.54, 1.807) is 17.4 Å². The van der Waals surface area contributed by atoms with Gasteiger partial charge in [0.05, 0.1) is 0 Å². The summed E-state index contributed by atoms with van der Waals surface area (Å²) < 4.78 is 14.6. The number of nitrogens with zero attached hydrogens (tertiary/aromatic N) is 1. The third-order valence-corrected chi connectivity index (χ3v) is 7.08. The van der Waals surface area contributed by atoms with Gasteiger partial charge in [0.25, 0.3) is 0 Å². The van der Waals surface area contributed by atoms with Crippen LogP contribution >= 0.6 is 11.3 Å². The van der Waals surface area contributed by atoms with E-state index in [4.69, 9.17) is 4.79 Å². The van der Waals surface area contributed by atoms with Gasteiger partial charge >= 0.3 is 0 Å². The average Bonchev–Trinajstić information content (AvgIpc) is 3.17. The second kappa shape index (κ2) is 19.8. The third-order valence-electron chi connectivity index (χ3n) is 5.88. The summed E-state index contributed by atoms with van der Waals surface area (Å²) in [6.07, 6.45) is 9.68. The Labute approximate surface area is 214 Å². The van der Waals surface area contributed by atoms with Crippen LogP contribution in [0.3, 0.4) is 0 Å². The molecule has 2 nitrogen and oxygen atoms in total. The van der Waals surface area contributed by atoms with E-state index in [0.29, 0.717) is 5.92 Å². The average molecular weight is 492 g/mol. The number of aryl methyl sites for hydroxylation is 2. The largest absolute Gasteiger partial charge is 0.304 e. The second-order valence-corrected chi connectivity index (χ2v) is 10.2. The van der Waals surface area contributed by atoms with Crippen molar-refractivity contribution in [2.45, 2.75) is 106 Å². The molecular formula is C30H50FNOS. The molecule has 1 fully saturated rings. The van der Waals surface area contributed by atoms with Crippen molar-refractivity contribution in [2.75, 3.05) is 19.6 Å². The molecule has 1 aromatic carbocycles. The molecular weight excluding hydrogens is 441 g/mol. The van der Waals surface area contributed by atoms with Crippen LogP contribution in [0, 0.1) is 19.7 Å². The van der Waals surface area contributed by atoms with Gasteiger partial charge < -0.3 is 9.69 Å². The number of unbranched alkanes of at least 4 members (excludes halogenated alkanes) is 3. The lowest BCUT2D eigenvalue weighted by Gasteiger charge is -2.31. The fourth-order valence-corrected chi connectivity index (χ4v) is 4.82. The maximum absolute atomic E-state index is 14.6. The molecule has 0 saturated carbocycles. The number of carbonyl (C=O) groups is 1. The summed E-state index contributed by atoms with van der Waals surface area (Å²) in [7, 11) is 0. The van der Waals surface area contributed by atoms with Gasteiger partial charge in [0.15, 0.2) is 0 Å². The summed E-state index contributed by atoms with van der Waals surface area (Å²) in [6, 6.07) is 8.00. The highest BCUT2D eigenvalue weighted by atomic mass is 32.1. The number of piperidine rings is 1. The van der Waals surface area contributed by atoms with Crippen LogP contribution in [-0.4, -0.2) is 30.8 Å². The van der Waals surface area contributed by atoms with Gasteiger partial charge in [-0.15, -0.1) is 11.3 Å². The molecule has 4 heteroatoms. The fourth-order valence-electron chi connectivity index (χ4n) is 3.79. The molecule has 194 valence electrons. The molecule has 0 atom stereocenters. The molecule has 2 aromatic rings. The molecule has 0 amide bonds. The number of aldehydes is 1. The molecule has 0 N–H and O–H groups in total. The number of halogens is 1. The monoisotopic (exact) mass is 491 g/mol. The van der Waals surface area contributed by atoms with Gasteiger partial charge in [-0.2, -0.15) is 0 Å². The van der Waals surface area contributed by atoms with Crippen LogP contribution < -0.4 is 0 Å². The van der Waals surface area contributed by atoms with Gasteiger partial charge in [-0.05, 0) is 88.0 Å². The molecule has 0 spiro atoms. The van der Waals surface area contributed by atoms with Crippen LogP contribution in [0.25, 0.3) is 10.4 Å². The van der Waals surface area contributed by atoms with Gasteiger partial charge in [-0.25, -0.2) is 4.39 Å². The van der Waals surface area contributed by atoms with Crippen LogP contribution in [0.5, 0.6) is 0 Å². The van der Waals surface area contributed by atoms with Crippen molar-refractivity contribution in [3.63, 3.8) is 0 Å². The minimum absolute atomic E-state index is 0.0313. The van der Waals surface area contributed by atoms with Crippen LogP contribution in [0.15, 0.2) is 24.3 Å². The molecule has 2 heterocycles. The first kappa shape index (κ1) is 32.5. The number of hydrogen-bond acceptors (Lipinski definition) is 3. The molecule has 0 radical (unpaired) electrons. The minimum atomic E-state index is -0.0313. The highest BCUT2D eigenvalue weighted by Gasteiger charge is 2.22. The summed E-state index contributed by atoms with van der Waals surface area (Å²) in [6.45, 7) is 19.9. The van der Waals surface area contributed by atoms with E-state index < -0.39 is 0 Å². The van der Waals surface area contributed by atoms with E-state index in [1.807, 2.05) is 6.07 Å². The molecule has 1 aliphatic heterocycles. The number of rotatable bonds is 6. The SMILES string of the molecule is CC=O.CCC.CCCCCC.CCN1CCC(c2ccc(-c3cc(C)c(C)s3)cc2F)CC1. The molecule has 1 saturated heterocycles. The Morgan fingerprint density at radius 3 is 1.91 bits per heavy atom. The van der Waals surface area contributed by atoms with Crippen molar-refractivity contribution in [1.82, 2.24) is 4.90 Å². The minimum Gasteiger partial charge on any atom is -0.304 e. The zero-order chi connectivity index (χ0) is 25.9. The Morgan fingerprint density at radius 2 is 1.53 bits per heavy atom. The van der Waals surface area contributed by atoms with Gasteiger partial charge in [-0.1, -0.05) is 78.9 Å². The summed E-state index contributed by atoms with van der Waals surface area (Å²) in [5, 5.41) is 0. The predicted molar refractivity (Wildman–Crippen MR) is 151 cm³/mol. The third kappa shape index (κ3) is 12.3. The van der Waals surface area contributed by atoms with E-state index >= 15 is 0 Å². The Kier molecular flexibility index (Phi) is 18.9. The summed E-state index contributed by atoms with van der Waals surface area (Å²) >= 11 is 1.75. The zero-order valence-electron chi connectivity index (χ0n) is 23.2. The topological polar surface area (TPSA) is 20.3 Å². The van der Waals surface area contributed by atoms with Gasteiger partial charge in [0.2, 0.25) is 0 Å². The van der Waals surface area contributed by atoms with E-state index in [-0.39, 0.29) is 5.82 Å². The fraction of sp³-hybridized carbons (Fsp3) is 0.633. The van der Waals surface area contributed by atoms with Gasteiger partial charge in [-0.3, -0.25) is 0 Å². The Bertz CT molecular complexity index is 755. The van der Waals surface area contributed by atoms with Crippen LogP contribution in [0.4, 0.5) is 4.39 Å². The lowest BCUT2D eigenvalue weighted by molar-refractivity contribution is -0.106. The maximum atomic E-state index is 14.6. The lowest BCUT2D eigenvalue weighted by atomic mass is 9.88. The van der Waals surface area contributed by atoms with Gasteiger partial charge in [0, 0.05) is 9.75 Å². The van der Waals surface area contributed by atoms with E-state index in [1.165, 1.54) is 54.3 Å². The summed E-state index contributed by atoms with van der Waals surface area (Å²) in [5.74, 6) is 0.347. The highest BCUT2D eigenvalue weighted by Crippen LogP contribution is 2.35. The highest BCUT2D eigenvalue weighted by molar-refractivity contribution is 7.15. The number of likely N-dealkylation sites (tertiary alicyclic amines) is 1. The normalized spacial score (nSPS) is 13.6. The van der Waals surface area contributed by atoms with Crippen molar-refractivity contribution < 1.29 is 9.18 Å². The van der Waals surface area contributed by atoms with Crippen molar-refractivity contribution >= 4 is 17.6 Å². The first-order chi connectivity index (χ1) is 16.3. The summed E-state index contributed by atoms with van der Waals surface area (Å²) in [4.78, 5) is 13.7. The molecule has 0 bridgehead atoms.